The van der Waals surface area contributed by atoms with E-state index in [2.05, 4.69) is 4.72 Å². The number of hydrogen-bond donors (Lipinski definition) is 1. The Bertz CT molecular complexity index is 104. The van der Waals surface area contributed by atoms with Crippen molar-refractivity contribution in [3.63, 3.8) is 0 Å². The summed E-state index contributed by atoms with van der Waals surface area (Å²) in [5.74, 6) is 1.06. The highest BCUT2D eigenvalue weighted by Gasteiger charge is 2.28. The van der Waals surface area contributed by atoms with Crippen molar-refractivity contribution in [2.24, 2.45) is 5.92 Å². The first kappa shape index (κ1) is 6.99. The normalized spacial score (nSPS) is 40.8. The van der Waals surface area contributed by atoms with Crippen molar-refractivity contribution in [1.82, 2.24) is 4.72 Å². The third-order valence-electron chi connectivity index (χ3n) is 2.68. The van der Waals surface area contributed by atoms with Crippen LogP contribution in [0.5, 0.6) is 0 Å². The van der Waals surface area contributed by atoms with E-state index in [-0.39, 0.29) is 0 Å². The van der Waals surface area contributed by atoms with Crippen LogP contribution in [-0.2, 0) is 0 Å². The lowest BCUT2D eigenvalue weighted by atomic mass is 10.0. The molecule has 1 nitrogen and oxygen atoms in total. The zero-order chi connectivity index (χ0) is 6.81. The van der Waals surface area contributed by atoms with Gasteiger partial charge in [0.1, 0.15) is 0 Å². The molecule has 1 aliphatic carbocycles. The second kappa shape index (κ2) is 3.14. The molecule has 1 N–H and O–H groups in total. The second-order valence-electron chi connectivity index (χ2n) is 3.38. The molecule has 0 bridgehead atoms. The fourth-order valence-corrected chi connectivity index (χ4v) is 3.32. The summed E-state index contributed by atoms with van der Waals surface area (Å²) in [5, 5.41) is 0.961. The van der Waals surface area contributed by atoms with Gasteiger partial charge in [-0.2, -0.15) is 0 Å². The van der Waals surface area contributed by atoms with Gasteiger partial charge in [0.2, 0.25) is 0 Å². The molecule has 2 aliphatic rings. The van der Waals surface area contributed by atoms with Gasteiger partial charge in [-0.05, 0) is 31.6 Å². The third kappa shape index (κ3) is 1.32. The van der Waals surface area contributed by atoms with E-state index in [9.17, 15) is 0 Å². The average Bonchev–Trinajstić information content (AvgIpc) is 2.28. The molecule has 2 atom stereocenters. The number of rotatable bonds is 0. The molecule has 0 aromatic carbocycles. The fourth-order valence-electron chi connectivity index (χ4n) is 2.09. The maximum Gasteiger partial charge on any atom is 0.0221 e. The van der Waals surface area contributed by atoms with Crippen LogP contribution in [0, 0.1) is 5.92 Å². The van der Waals surface area contributed by atoms with E-state index in [4.69, 9.17) is 0 Å². The van der Waals surface area contributed by atoms with Gasteiger partial charge in [0, 0.05) is 11.8 Å². The highest BCUT2D eigenvalue weighted by molar-refractivity contribution is 7.98. The quantitative estimate of drug-likeness (QED) is 0.541. The summed E-state index contributed by atoms with van der Waals surface area (Å²) in [6.45, 7) is 1.23. The molecule has 0 spiro atoms. The lowest BCUT2D eigenvalue weighted by Gasteiger charge is -2.13. The summed E-state index contributed by atoms with van der Waals surface area (Å²) in [7, 11) is 0. The molecule has 1 heterocycles. The van der Waals surface area contributed by atoms with Crippen molar-refractivity contribution < 1.29 is 0 Å². The van der Waals surface area contributed by atoms with Crippen molar-refractivity contribution in [2.45, 2.75) is 37.4 Å². The van der Waals surface area contributed by atoms with E-state index in [0.29, 0.717) is 0 Å². The van der Waals surface area contributed by atoms with E-state index in [1.54, 1.807) is 0 Å². The van der Waals surface area contributed by atoms with Crippen LogP contribution in [0.15, 0.2) is 0 Å². The third-order valence-corrected chi connectivity index (χ3v) is 3.97. The fraction of sp³-hybridized carbons (Fsp3) is 1.00. The summed E-state index contributed by atoms with van der Waals surface area (Å²) in [5.41, 5.74) is 0. The minimum Gasteiger partial charge on any atom is -0.264 e. The Morgan fingerprint density at radius 1 is 1.10 bits per heavy atom. The first-order valence-corrected chi connectivity index (χ1v) is 5.23. The van der Waals surface area contributed by atoms with Gasteiger partial charge in [-0.1, -0.05) is 18.4 Å². The molecule has 2 rings (SSSR count). The molecule has 2 unspecified atom stereocenters. The van der Waals surface area contributed by atoms with Crippen molar-refractivity contribution >= 4 is 11.9 Å². The van der Waals surface area contributed by atoms with Crippen LogP contribution >= 0.6 is 11.9 Å². The molecule has 1 aliphatic heterocycles. The SMILES string of the molecule is C1CNSC2CCCC2C1. The average molecular weight is 157 g/mol. The molecule has 58 valence electrons. The van der Waals surface area contributed by atoms with Crippen LogP contribution in [0.25, 0.3) is 0 Å². The van der Waals surface area contributed by atoms with E-state index in [0.717, 1.165) is 11.2 Å². The molecule has 2 heteroatoms. The Balaban J connectivity index is 1.95. The van der Waals surface area contributed by atoms with Gasteiger partial charge in [0.15, 0.2) is 0 Å². The summed E-state index contributed by atoms with van der Waals surface area (Å²) >= 11 is 2.00. The van der Waals surface area contributed by atoms with Crippen LogP contribution in [0.2, 0.25) is 0 Å². The Kier molecular flexibility index (Phi) is 2.19. The number of nitrogens with one attached hydrogen (secondary N) is 1. The Labute approximate surface area is 67.1 Å². The monoisotopic (exact) mass is 157 g/mol. The Morgan fingerprint density at radius 2 is 2.00 bits per heavy atom. The van der Waals surface area contributed by atoms with E-state index in [1.165, 1.54) is 38.6 Å². The molecule has 0 aromatic heterocycles. The molecule has 10 heavy (non-hydrogen) atoms. The molecule has 0 radical (unpaired) electrons. The smallest absolute Gasteiger partial charge is 0.0221 e. The first-order valence-electron chi connectivity index (χ1n) is 4.35. The van der Waals surface area contributed by atoms with Crippen molar-refractivity contribution in [2.75, 3.05) is 6.54 Å². The maximum atomic E-state index is 3.44. The molecule has 0 amide bonds. The summed E-state index contributed by atoms with van der Waals surface area (Å²) in [4.78, 5) is 0. The minimum atomic E-state index is 0.961. The van der Waals surface area contributed by atoms with Gasteiger partial charge >= 0.3 is 0 Å². The van der Waals surface area contributed by atoms with Crippen LogP contribution in [0.4, 0.5) is 0 Å². The zero-order valence-corrected chi connectivity index (χ0v) is 7.12. The van der Waals surface area contributed by atoms with Crippen molar-refractivity contribution in [1.29, 1.82) is 0 Å². The van der Waals surface area contributed by atoms with Crippen LogP contribution in [0.3, 0.4) is 0 Å². The lowest BCUT2D eigenvalue weighted by molar-refractivity contribution is 0.505. The van der Waals surface area contributed by atoms with Gasteiger partial charge in [0.25, 0.3) is 0 Å². The Morgan fingerprint density at radius 3 is 3.00 bits per heavy atom. The minimum absolute atomic E-state index is 0.961. The van der Waals surface area contributed by atoms with Crippen molar-refractivity contribution in [3.05, 3.63) is 0 Å². The molecular formula is C8H15NS. The summed E-state index contributed by atoms with van der Waals surface area (Å²) in [6.07, 6.45) is 7.31. The standard InChI is InChI=1S/C8H15NS/c1-3-7-4-2-6-9-10-8(7)5-1/h7-9H,1-6H2. The second-order valence-corrected chi connectivity index (χ2v) is 4.51. The maximum absolute atomic E-state index is 3.44. The van der Waals surface area contributed by atoms with E-state index in [1.807, 2.05) is 11.9 Å². The van der Waals surface area contributed by atoms with Gasteiger partial charge in [-0.15, -0.1) is 0 Å². The van der Waals surface area contributed by atoms with Gasteiger partial charge in [0.05, 0.1) is 0 Å². The van der Waals surface area contributed by atoms with Gasteiger partial charge in [-0.3, -0.25) is 4.72 Å². The number of hydrogen-bond acceptors (Lipinski definition) is 2. The lowest BCUT2D eigenvalue weighted by Crippen LogP contribution is -2.10. The summed E-state index contributed by atoms with van der Waals surface area (Å²) < 4.78 is 3.44. The van der Waals surface area contributed by atoms with Crippen LogP contribution < -0.4 is 4.72 Å². The van der Waals surface area contributed by atoms with Crippen molar-refractivity contribution in [3.8, 4) is 0 Å². The highest BCUT2D eigenvalue weighted by atomic mass is 32.2. The Hall–Kier alpha value is 0.310. The first-order chi connectivity index (χ1) is 4.97. The topological polar surface area (TPSA) is 12.0 Å². The molecular weight excluding hydrogens is 142 g/mol. The van der Waals surface area contributed by atoms with Crippen LogP contribution in [0.1, 0.15) is 32.1 Å². The molecule has 1 saturated heterocycles. The van der Waals surface area contributed by atoms with Gasteiger partial charge < -0.3 is 0 Å². The molecule has 2 fully saturated rings. The highest BCUT2D eigenvalue weighted by Crippen LogP contribution is 2.37. The largest absolute Gasteiger partial charge is 0.264 e. The predicted octanol–water partition coefficient (Wildman–Crippen LogP) is 2.19. The van der Waals surface area contributed by atoms with E-state index < -0.39 is 0 Å². The molecule has 1 saturated carbocycles. The zero-order valence-electron chi connectivity index (χ0n) is 6.31. The van der Waals surface area contributed by atoms with Gasteiger partial charge in [-0.25, -0.2) is 0 Å². The van der Waals surface area contributed by atoms with Crippen LogP contribution in [-0.4, -0.2) is 11.8 Å². The predicted molar refractivity (Wildman–Crippen MR) is 46.0 cm³/mol. The summed E-state index contributed by atoms with van der Waals surface area (Å²) in [6, 6.07) is 0. The molecule has 0 aromatic rings. The van der Waals surface area contributed by atoms with E-state index >= 15 is 0 Å². The number of fused-ring (bicyclic) bond motifs is 1.